The van der Waals surface area contributed by atoms with Crippen LogP contribution in [0.3, 0.4) is 0 Å². The van der Waals surface area contributed by atoms with Gasteiger partial charge in [0.2, 0.25) is 5.91 Å². The van der Waals surface area contributed by atoms with Gasteiger partial charge in [-0.1, -0.05) is 35.3 Å². The lowest BCUT2D eigenvalue weighted by molar-refractivity contribution is -0.138. The van der Waals surface area contributed by atoms with E-state index in [0.29, 0.717) is 24.2 Å². The van der Waals surface area contributed by atoms with Crippen LogP contribution in [0.15, 0.2) is 42.5 Å². The normalized spacial score (nSPS) is 23.1. The Balaban J connectivity index is 1.33. The minimum atomic E-state index is -4.69. The van der Waals surface area contributed by atoms with Gasteiger partial charge in [0.1, 0.15) is 0 Å². The Morgan fingerprint density at radius 1 is 0.951 bits per heavy atom. The smallest absolute Gasteiger partial charge is 0.381 e. The number of carbonyl (C=O) groups is 2. The van der Waals surface area contributed by atoms with Crippen LogP contribution in [-0.2, 0) is 15.7 Å². The molecule has 2 aromatic rings. The molecule has 222 valence electrons. The van der Waals surface area contributed by atoms with Gasteiger partial charge in [-0.25, -0.2) is 0 Å². The first-order valence-corrected chi connectivity index (χ1v) is 14.8. The van der Waals surface area contributed by atoms with Crippen molar-refractivity contribution in [2.45, 2.75) is 49.9 Å². The van der Waals surface area contributed by atoms with Gasteiger partial charge in [-0.3, -0.25) is 9.59 Å². The standard InChI is InChI=1S/C30H34Cl2F3N3O3/c1-36(28(39)21-4-7-26(32)25(16-21)30(33,34)35)27-18-38(17-24(27)19-2-5-22(31)6-3-19)29(40)20-8-12-37(13-9-20)23-10-14-41-15-11-23/h2-7,16,20,23-24,27H,8-15,17-18H2,1H3/t24-,27+/m0/s1. The van der Waals surface area contributed by atoms with E-state index >= 15 is 0 Å². The molecule has 3 heterocycles. The molecule has 0 N–H and O–H groups in total. The Morgan fingerprint density at radius 3 is 2.24 bits per heavy atom. The lowest BCUT2D eigenvalue weighted by Gasteiger charge is -2.39. The largest absolute Gasteiger partial charge is 0.417 e. The second-order valence-corrected chi connectivity index (χ2v) is 12.1. The molecule has 2 aromatic carbocycles. The maximum Gasteiger partial charge on any atom is 0.417 e. The van der Waals surface area contributed by atoms with Gasteiger partial charge >= 0.3 is 6.18 Å². The van der Waals surface area contributed by atoms with Crippen molar-refractivity contribution in [2.24, 2.45) is 5.92 Å². The van der Waals surface area contributed by atoms with E-state index in [9.17, 15) is 22.8 Å². The maximum atomic E-state index is 13.7. The predicted octanol–water partition coefficient (Wildman–Crippen LogP) is 5.97. The number of benzene rings is 2. The van der Waals surface area contributed by atoms with Gasteiger partial charge in [0.15, 0.2) is 0 Å². The highest BCUT2D eigenvalue weighted by molar-refractivity contribution is 6.31. The average Bonchev–Trinajstić information content (AvgIpc) is 3.42. The molecule has 2 amide bonds. The molecule has 0 saturated carbocycles. The molecule has 0 aromatic heterocycles. The highest BCUT2D eigenvalue weighted by Crippen LogP contribution is 2.37. The van der Waals surface area contributed by atoms with Gasteiger partial charge in [-0.05, 0) is 74.7 Å². The van der Waals surface area contributed by atoms with Gasteiger partial charge in [-0.2, -0.15) is 13.2 Å². The molecule has 3 fully saturated rings. The molecule has 3 aliphatic heterocycles. The molecule has 11 heteroatoms. The lowest BCUT2D eigenvalue weighted by Crippen LogP contribution is -2.47. The number of amides is 2. The maximum absolute atomic E-state index is 13.7. The predicted molar refractivity (Wildman–Crippen MR) is 151 cm³/mol. The van der Waals surface area contributed by atoms with Gasteiger partial charge in [0, 0.05) is 61.8 Å². The van der Waals surface area contributed by atoms with Gasteiger partial charge in [0.05, 0.1) is 16.6 Å². The summed E-state index contributed by atoms with van der Waals surface area (Å²) in [5.41, 5.74) is -0.247. The second kappa shape index (κ2) is 12.5. The summed E-state index contributed by atoms with van der Waals surface area (Å²) >= 11 is 11.9. The number of piperidine rings is 1. The molecule has 0 radical (unpaired) electrons. The summed E-state index contributed by atoms with van der Waals surface area (Å²) in [4.78, 5) is 33.0. The number of rotatable bonds is 5. The molecule has 3 aliphatic rings. The molecule has 2 atom stereocenters. The van der Waals surface area contributed by atoms with Crippen molar-refractivity contribution in [1.29, 1.82) is 0 Å². The van der Waals surface area contributed by atoms with E-state index in [2.05, 4.69) is 4.90 Å². The number of ether oxygens (including phenoxy) is 1. The van der Waals surface area contributed by atoms with Crippen LogP contribution >= 0.6 is 23.2 Å². The van der Waals surface area contributed by atoms with Crippen molar-refractivity contribution in [2.75, 3.05) is 46.4 Å². The Morgan fingerprint density at radius 2 is 1.61 bits per heavy atom. The molecular formula is C30H34Cl2F3N3O3. The minimum Gasteiger partial charge on any atom is -0.381 e. The van der Waals surface area contributed by atoms with Crippen LogP contribution in [0.2, 0.25) is 10.0 Å². The van der Waals surface area contributed by atoms with Crippen molar-refractivity contribution in [3.63, 3.8) is 0 Å². The molecule has 0 bridgehead atoms. The summed E-state index contributed by atoms with van der Waals surface area (Å²) in [6.07, 6.45) is -1.08. The number of halogens is 5. The first kappa shape index (κ1) is 30.1. The Bertz CT molecular complexity index is 1250. The first-order valence-electron chi connectivity index (χ1n) is 14.0. The van der Waals surface area contributed by atoms with Crippen molar-refractivity contribution in [3.8, 4) is 0 Å². The summed E-state index contributed by atoms with van der Waals surface area (Å²) in [5.74, 6) is -0.802. The van der Waals surface area contributed by atoms with E-state index in [4.69, 9.17) is 27.9 Å². The highest BCUT2D eigenvalue weighted by atomic mass is 35.5. The quantitative estimate of drug-likeness (QED) is 0.418. The Kier molecular flexibility index (Phi) is 9.19. The average molecular weight is 613 g/mol. The number of likely N-dealkylation sites (N-methyl/N-ethyl adjacent to an activating group) is 1. The van der Waals surface area contributed by atoms with Crippen LogP contribution in [0.5, 0.6) is 0 Å². The molecule has 41 heavy (non-hydrogen) atoms. The third kappa shape index (κ3) is 6.69. The van der Waals surface area contributed by atoms with Gasteiger partial charge < -0.3 is 19.4 Å². The molecule has 0 unspecified atom stereocenters. The zero-order valence-electron chi connectivity index (χ0n) is 22.9. The summed E-state index contributed by atoms with van der Waals surface area (Å²) in [7, 11) is 1.58. The second-order valence-electron chi connectivity index (χ2n) is 11.2. The van der Waals surface area contributed by atoms with Crippen LogP contribution in [0.25, 0.3) is 0 Å². The number of hydrogen-bond acceptors (Lipinski definition) is 4. The Hall–Kier alpha value is -2.33. The summed E-state index contributed by atoms with van der Waals surface area (Å²) in [6, 6.07) is 10.6. The fourth-order valence-electron chi connectivity index (χ4n) is 6.45. The topological polar surface area (TPSA) is 53.1 Å². The third-order valence-electron chi connectivity index (χ3n) is 8.82. The number of nitrogens with zero attached hydrogens (tertiary/aromatic N) is 3. The fraction of sp³-hybridized carbons (Fsp3) is 0.533. The number of hydrogen-bond donors (Lipinski definition) is 0. The molecular weight excluding hydrogens is 578 g/mol. The fourth-order valence-corrected chi connectivity index (χ4v) is 6.80. The molecule has 0 spiro atoms. The molecule has 0 aliphatic carbocycles. The van der Waals surface area contributed by atoms with Gasteiger partial charge in [0.25, 0.3) is 5.91 Å². The van der Waals surface area contributed by atoms with E-state index in [1.54, 1.807) is 19.2 Å². The van der Waals surface area contributed by atoms with Crippen molar-refractivity contribution < 1.29 is 27.5 Å². The van der Waals surface area contributed by atoms with Crippen LogP contribution < -0.4 is 0 Å². The Labute approximate surface area is 248 Å². The zero-order valence-corrected chi connectivity index (χ0v) is 24.4. The lowest BCUT2D eigenvalue weighted by atomic mass is 9.92. The van der Waals surface area contributed by atoms with Crippen molar-refractivity contribution in [3.05, 3.63) is 69.2 Å². The highest BCUT2D eigenvalue weighted by Gasteiger charge is 2.43. The van der Waals surface area contributed by atoms with E-state index in [1.165, 1.54) is 11.0 Å². The minimum absolute atomic E-state index is 0.0739. The summed E-state index contributed by atoms with van der Waals surface area (Å²) in [6.45, 7) is 4.02. The van der Waals surface area contributed by atoms with E-state index in [1.807, 2.05) is 17.0 Å². The number of carbonyl (C=O) groups excluding carboxylic acids is 2. The van der Waals surface area contributed by atoms with Crippen molar-refractivity contribution in [1.82, 2.24) is 14.7 Å². The van der Waals surface area contributed by atoms with E-state index < -0.39 is 28.7 Å². The SMILES string of the molecule is CN(C(=O)c1ccc(Cl)c(C(F)(F)F)c1)[C@@H]1CN(C(=O)C2CCN(C3CCOCC3)CC2)C[C@H]1c1ccc(Cl)cc1. The van der Waals surface area contributed by atoms with E-state index in [-0.39, 0.29) is 23.3 Å². The monoisotopic (exact) mass is 611 g/mol. The summed E-state index contributed by atoms with van der Waals surface area (Å²) < 4.78 is 45.9. The summed E-state index contributed by atoms with van der Waals surface area (Å²) in [5, 5.41) is 0.106. The van der Waals surface area contributed by atoms with Gasteiger partial charge in [-0.15, -0.1) is 0 Å². The zero-order chi connectivity index (χ0) is 29.3. The van der Waals surface area contributed by atoms with Crippen LogP contribution in [0, 0.1) is 5.92 Å². The third-order valence-corrected chi connectivity index (χ3v) is 9.40. The van der Waals surface area contributed by atoms with Crippen LogP contribution in [-0.4, -0.2) is 85.0 Å². The van der Waals surface area contributed by atoms with Crippen LogP contribution in [0.1, 0.15) is 53.1 Å². The van der Waals surface area contributed by atoms with Crippen molar-refractivity contribution >= 4 is 35.0 Å². The molecule has 6 nitrogen and oxygen atoms in total. The first-order chi connectivity index (χ1) is 19.5. The number of alkyl halides is 3. The number of likely N-dealkylation sites (tertiary alicyclic amines) is 2. The molecule has 3 saturated heterocycles. The van der Waals surface area contributed by atoms with E-state index in [0.717, 1.165) is 69.7 Å². The molecule has 5 rings (SSSR count). The van der Waals surface area contributed by atoms with Crippen LogP contribution in [0.4, 0.5) is 13.2 Å².